The fourth-order valence-electron chi connectivity index (χ4n) is 3.34. The van der Waals surface area contributed by atoms with Gasteiger partial charge in [-0.25, -0.2) is 9.97 Å². The van der Waals surface area contributed by atoms with Crippen LogP contribution in [0.3, 0.4) is 0 Å². The molecule has 3 nitrogen and oxygen atoms in total. The standard InChI is InChI=1S/C16H22F3N3/c1-11-7-9-22(10-8-11)15-20-13-6-4-2-3-5-12(13)14(21-15)16(17,18)19/h11H,2-10H2,1H3. The number of rotatable bonds is 1. The van der Waals surface area contributed by atoms with Crippen molar-refractivity contribution in [2.24, 2.45) is 5.92 Å². The van der Waals surface area contributed by atoms with Gasteiger partial charge in [0.25, 0.3) is 0 Å². The molecule has 1 saturated heterocycles. The highest BCUT2D eigenvalue weighted by Crippen LogP contribution is 2.35. The van der Waals surface area contributed by atoms with E-state index in [-0.39, 0.29) is 5.95 Å². The molecule has 0 unspecified atom stereocenters. The Morgan fingerprint density at radius 1 is 1.00 bits per heavy atom. The van der Waals surface area contributed by atoms with Crippen molar-refractivity contribution in [1.82, 2.24) is 9.97 Å². The maximum Gasteiger partial charge on any atom is 0.433 e. The first-order valence-corrected chi connectivity index (χ1v) is 8.17. The highest BCUT2D eigenvalue weighted by Gasteiger charge is 2.38. The zero-order valence-electron chi connectivity index (χ0n) is 12.9. The molecule has 0 N–H and O–H groups in total. The van der Waals surface area contributed by atoms with E-state index >= 15 is 0 Å². The van der Waals surface area contributed by atoms with Crippen LogP contribution in [0.15, 0.2) is 0 Å². The molecule has 1 aliphatic heterocycles. The molecule has 0 saturated carbocycles. The third kappa shape index (κ3) is 3.20. The first kappa shape index (κ1) is 15.6. The summed E-state index contributed by atoms with van der Waals surface area (Å²) in [6.45, 7) is 3.67. The van der Waals surface area contributed by atoms with E-state index in [2.05, 4.69) is 16.9 Å². The number of aromatic nitrogens is 2. The number of nitrogens with zero attached hydrogens (tertiary/aromatic N) is 3. The summed E-state index contributed by atoms with van der Waals surface area (Å²) >= 11 is 0. The first-order chi connectivity index (χ1) is 10.4. The van der Waals surface area contributed by atoms with E-state index in [1.807, 2.05) is 4.90 Å². The van der Waals surface area contributed by atoms with E-state index in [9.17, 15) is 13.2 Å². The van der Waals surface area contributed by atoms with Crippen molar-refractivity contribution in [3.8, 4) is 0 Å². The fraction of sp³-hybridized carbons (Fsp3) is 0.750. The molecular weight excluding hydrogens is 291 g/mol. The van der Waals surface area contributed by atoms with Gasteiger partial charge in [-0.3, -0.25) is 0 Å². The van der Waals surface area contributed by atoms with Gasteiger partial charge in [0.15, 0.2) is 5.69 Å². The Labute approximate surface area is 128 Å². The average molecular weight is 313 g/mol. The van der Waals surface area contributed by atoms with Gasteiger partial charge < -0.3 is 4.90 Å². The van der Waals surface area contributed by atoms with E-state index in [4.69, 9.17) is 0 Å². The fourth-order valence-corrected chi connectivity index (χ4v) is 3.34. The van der Waals surface area contributed by atoms with Gasteiger partial charge in [-0.15, -0.1) is 0 Å². The second-order valence-electron chi connectivity index (χ2n) is 6.53. The second kappa shape index (κ2) is 6.05. The van der Waals surface area contributed by atoms with Crippen molar-refractivity contribution in [3.63, 3.8) is 0 Å². The SMILES string of the molecule is CC1CCN(c2nc3c(c(C(F)(F)F)n2)CCCCC3)CC1. The van der Waals surface area contributed by atoms with Crippen LogP contribution >= 0.6 is 0 Å². The number of aryl methyl sites for hydroxylation is 1. The zero-order valence-corrected chi connectivity index (χ0v) is 12.9. The van der Waals surface area contributed by atoms with E-state index < -0.39 is 11.9 Å². The summed E-state index contributed by atoms with van der Waals surface area (Å²) in [5, 5.41) is 0. The molecular formula is C16H22F3N3. The zero-order chi connectivity index (χ0) is 15.7. The molecule has 1 aromatic heterocycles. The summed E-state index contributed by atoms with van der Waals surface area (Å²) in [6, 6.07) is 0. The smallest absolute Gasteiger partial charge is 0.341 e. The molecule has 22 heavy (non-hydrogen) atoms. The van der Waals surface area contributed by atoms with Crippen molar-refractivity contribution >= 4 is 5.95 Å². The summed E-state index contributed by atoms with van der Waals surface area (Å²) < 4.78 is 40.2. The lowest BCUT2D eigenvalue weighted by Crippen LogP contribution is -2.35. The van der Waals surface area contributed by atoms with E-state index in [0.717, 1.165) is 45.2 Å². The predicted octanol–water partition coefficient (Wildman–Crippen LogP) is 4.00. The summed E-state index contributed by atoms with van der Waals surface area (Å²) in [5.41, 5.74) is 0.251. The van der Waals surface area contributed by atoms with Crippen LogP contribution < -0.4 is 4.90 Å². The highest BCUT2D eigenvalue weighted by atomic mass is 19.4. The number of hydrogen-bond donors (Lipinski definition) is 0. The first-order valence-electron chi connectivity index (χ1n) is 8.17. The van der Waals surface area contributed by atoms with Crippen molar-refractivity contribution in [1.29, 1.82) is 0 Å². The third-order valence-electron chi connectivity index (χ3n) is 4.76. The largest absolute Gasteiger partial charge is 0.433 e. The molecule has 6 heteroatoms. The molecule has 0 radical (unpaired) electrons. The molecule has 2 heterocycles. The number of fused-ring (bicyclic) bond motifs is 1. The Kier molecular flexibility index (Phi) is 4.28. The van der Waals surface area contributed by atoms with Crippen LogP contribution in [-0.4, -0.2) is 23.1 Å². The molecule has 0 atom stereocenters. The number of alkyl halides is 3. The lowest BCUT2D eigenvalue weighted by Gasteiger charge is -2.31. The molecule has 3 rings (SSSR count). The average Bonchev–Trinajstić information content (AvgIpc) is 2.71. The van der Waals surface area contributed by atoms with E-state index in [1.165, 1.54) is 0 Å². The maximum absolute atomic E-state index is 13.4. The molecule has 0 aromatic carbocycles. The van der Waals surface area contributed by atoms with Crippen LogP contribution in [-0.2, 0) is 19.0 Å². The Morgan fingerprint density at radius 3 is 2.36 bits per heavy atom. The number of hydrogen-bond acceptors (Lipinski definition) is 3. The van der Waals surface area contributed by atoms with Gasteiger partial charge in [-0.2, -0.15) is 13.2 Å². The Balaban J connectivity index is 1.99. The quantitative estimate of drug-likeness (QED) is 0.734. The van der Waals surface area contributed by atoms with Gasteiger partial charge in [0, 0.05) is 24.3 Å². The summed E-state index contributed by atoms with van der Waals surface area (Å²) in [6.07, 6.45) is 1.33. The highest BCUT2D eigenvalue weighted by molar-refractivity contribution is 5.39. The Bertz CT molecular complexity index is 534. The lowest BCUT2D eigenvalue weighted by molar-refractivity contribution is -0.141. The van der Waals surface area contributed by atoms with Crippen LogP contribution in [0.1, 0.15) is 56.0 Å². The minimum absolute atomic E-state index is 0.278. The predicted molar refractivity (Wildman–Crippen MR) is 78.9 cm³/mol. The van der Waals surface area contributed by atoms with Gasteiger partial charge in [0.1, 0.15) is 0 Å². The number of halogens is 3. The van der Waals surface area contributed by atoms with Crippen LogP contribution in [0.4, 0.5) is 19.1 Å². The molecule has 1 aliphatic carbocycles. The van der Waals surface area contributed by atoms with Crippen molar-refractivity contribution in [3.05, 3.63) is 17.0 Å². The number of anilines is 1. The van der Waals surface area contributed by atoms with Crippen LogP contribution in [0.25, 0.3) is 0 Å². The van der Waals surface area contributed by atoms with Crippen molar-refractivity contribution in [2.45, 2.75) is 58.0 Å². The van der Waals surface area contributed by atoms with Crippen molar-refractivity contribution < 1.29 is 13.2 Å². The topological polar surface area (TPSA) is 29.0 Å². The Morgan fingerprint density at radius 2 is 1.68 bits per heavy atom. The van der Waals surface area contributed by atoms with Gasteiger partial charge in [0.2, 0.25) is 5.95 Å². The lowest BCUT2D eigenvalue weighted by atomic mass is 9.99. The summed E-state index contributed by atoms with van der Waals surface area (Å²) in [4.78, 5) is 10.4. The normalized spacial score (nSPS) is 20.6. The molecule has 1 aromatic rings. The minimum Gasteiger partial charge on any atom is -0.341 e. The molecule has 0 amide bonds. The van der Waals surface area contributed by atoms with Crippen LogP contribution in [0.5, 0.6) is 0 Å². The Hall–Kier alpha value is -1.33. The summed E-state index contributed by atoms with van der Waals surface area (Å²) in [7, 11) is 0. The van der Waals surface area contributed by atoms with Crippen molar-refractivity contribution in [2.75, 3.05) is 18.0 Å². The third-order valence-corrected chi connectivity index (χ3v) is 4.76. The molecule has 0 spiro atoms. The molecule has 1 fully saturated rings. The van der Waals surface area contributed by atoms with Crippen LogP contribution in [0, 0.1) is 5.92 Å². The van der Waals surface area contributed by atoms with Crippen LogP contribution in [0.2, 0.25) is 0 Å². The van der Waals surface area contributed by atoms with Gasteiger partial charge in [-0.05, 0) is 44.4 Å². The molecule has 122 valence electrons. The van der Waals surface area contributed by atoms with Gasteiger partial charge in [-0.1, -0.05) is 13.3 Å². The van der Waals surface area contributed by atoms with E-state index in [0.29, 0.717) is 30.0 Å². The monoisotopic (exact) mass is 313 g/mol. The minimum atomic E-state index is -4.39. The number of piperidine rings is 1. The van der Waals surface area contributed by atoms with E-state index in [1.54, 1.807) is 0 Å². The maximum atomic E-state index is 13.4. The van der Waals surface area contributed by atoms with Gasteiger partial charge in [0.05, 0.1) is 0 Å². The molecule has 0 bridgehead atoms. The second-order valence-corrected chi connectivity index (χ2v) is 6.53. The molecule has 2 aliphatic rings. The summed E-state index contributed by atoms with van der Waals surface area (Å²) in [5.74, 6) is 0.902. The van der Waals surface area contributed by atoms with Gasteiger partial charge >= 0.3 is 6.18 Å².